The fourth-order valence-electron chi connectivity index (χ4n) is 1.75. The largest absolute Gasteiger partial charge is 0.335 e. The zero-order valence-corrected chi connectivity index (χ0v) is 12.9. The second-order valence-electron chi connectivity index (χ2n) is 4.52. The number of halogens is 1. The van der Waals surface area contributed by atoms with E-state index in [0.29, 0.717) is 12.4 Å². The van der Waals surface area contributed by atoms with E-state index in [9.17, 15) is 4.79 Å². The molecule has 0 aliphatic carbocycles. The molecule has 6 nitrogen and oxygen atoms in total. The van der Waals surface area contributed by atoms with Crippen LogP contribution in [-0.2, 0) is 6.54 Å². The molecule has 2 heterocycles. The molecule has 1 unspecified atom stereocenters. The van der Waals surface area contributed by atoms with Gasteiger partial charge in [0.2, 0.25) is 0 Å². The van der Waals surface area contributed by atoms with Gasteiger partial charge in [0, 0.05) is 29.5 Å². The average molecular weight is 338 g/mol. The van der Waals surface area contributed by atoms with E-state index in [1.807, 2.05) is 30.7 Å². The van der Waals surface area contributed by atoms with Crippen molar-refractivity contribution in [3.05, 3.63) is 41.0 Å². The number of urea groups is 1. The Morgan fingerprint density at radius 3 is 2.95 bits per heavy atom. The van der Waals surface area contributed by atoms with Crippen LogP contribution >= 0.6 is 15.9 Å². The van der Waals surface area contributed by atoms with Crippen molar-refractivity contribution in [3.8, 4) is 0 Å². The summed E-state index contributed by atoms with van der Waals surface area (Å²) in [5.41, 5.74) is 0.828. The molecule has 2 rings (SSSR count). The zero-order valence-electron chi connectivity index (χ0n) is 11.3. The summed E-state index contributed by atoms with van der Waals surface area (Å²) in [4.78, 5) is 20.1. The van der Waals surface area contributed by atoms with E-state index in [-0.39, 0.29) is 12.1 Å². The molecular formula is C13H16BrN5O. The van der Waals surface area contributed by atoms with Crippen molar-refractivity contribution in [2.75, 3.05) is 5.32 Å². The summed E-state index contributed by atoms with van der Waals surface area (Å²) in [6.45, 7) is 4.47. The minimum absolute atomic E-state index is 0.0132. The molecule has 0 aliphatic heterocycles. The third-order valence-electron chi connectivity index (χ3n) is 2.68. The van der Waals surface area contributed by atoms with Crippen LogP contribution in [0.3, 0.4) is 0 Å². The lowest BCUT2D eigenvalue weighted by atomic mass is 10.3. The molecule has 2 N–H and O–H groups in total. The molecular weight excluding hydrogens is 322 g/mol. The monoisotopic (exact) mass is 337 g/mol. The maximum atomic E-state index is 11.8. The summed E-state index contributed by atoms with van der Waals surface area (Å²) in [6, 6.07) is 3.32. The molecule has 2 aromatic rings. The molecule has 2 aromatic heterocycles. The Labute approximate surface area is 125 Å². The number of hydrogen-bond acceptors (Lipinski definition) is 3. The fraction of sp³-hybridized carbons (Fsp3) is 0.308. The number of pyridine rings is 1. The second-order valence-corrected chi connectivity index (χ2v) is 5.38. The maximum Gasteiger partial charge on any atom is 0.320 e. The third kappa shape index (κ3) is 4.06. The fourth-order valence-corrected chi connectivity index (χ4v) is 1.97. The lowest BCUT2D eigenvalue weighted by molar-refractivity contribution is 0.248. The minimum atomic E-state index is -0.271. The lowest BCUT2D eigenvalue weighted by Crippen LogP contribution is -2.38. The van der Waals surface area contributed by atoms with Crippen molar-refractivity contribution in [3.63, 3.8) is 0 Å². The molecule has 0 bridgehead atoms. The molecule has 0 aliphatic rings. The van der Waals surface area contributed by atoms with E-state index in [1.54, 1.807) is 18.6 Å². The first kappa shape index (κ1) is 14.5. The van der Waals surface area contributed by atoms with Crippen LogP contribution in [0.4, 0.5) is 10.6 Å². The predicted molar refractivity (Wildman–Crippen MR) is 80.5 cm³/mol. The first-order chi connectivity index (χ1) is 9.54. The summed E-state index contributed by atoms with van der Waals surface area (Å²) < 4.78 is 2.82. The molecule has 0 spiro atoms. The predicted octanol–water partition coefficient (Wildman–Crippen LogP) is 2.56. The smallest absolute Gasteiger partial charge is 0.320 e. The average Bonchev–Trinajstić information content (AvgIpc) is 2.86. The summed E-state index contributed by atoms with van der Waals surface area (Å²) in [6.07, 6.45) is 5.28. The SMILES string of the molecule is Cc1nc(NC(=O)NC(C)Cn2ccnc2)ccc1Br. The third-order valence-corrected chi connectivity index (χ3v) is 3.52. The number of nitrogens with one attached hydrogen (secondary N) is 2. The van der Waals surface area contributed by atoms with Gasteiger partial charge < -0.3 is 9.88 Å². The highest BCUT2D eigenvalue weighted by Gasteiger charge is 2.09. The number of rotatable bonds is 4. The highest BCUT2D eigenvalue weighted by molar-refractivity contribution is 9.10. The standard InChI is InChI=1S/C13H16BrN5O/c1-9(7-19-6-5-15-8-19)16-13(20)18-12-4-3-11(14)10(2)17-12/h3-6,8-9H,7H2,1-2H3,(H2,16,17,18,20). The highest BCUT2D eigenvalue weighted by Crippen LogP contribution is 2.15. The highest BCUT2D eigenvalue weighted by atomic mass is 79.9. The Kier molecular flexibility index (Phi) is 4.73. The summed E-state index contributed by atoms with van der Waals surface area (Å²) in [7, 11) is 0. The zero-order chi connectivity index (χ0) is 14.5. The van der Waals surface area contributed by atoms with Crippen molar-refractivity contribution >= 4 is 27.8 Å². The number of carbonyl (C=O) groups excluding carboxylic acids is 1. The van der Waals surface area contributed by atoms with Gasteiger partial charge in [-0.15, -0.1) is 0 Å². The van der Waals surface area contributed by atoms with Crippen molar-refractivity contribution in [1.29, 1.82) is 0 Å². The molecule has 0 saturated carbocycles. The molecule has 7 heteroatoms. The quantitative estimate of drug-likeness (QED) is 0.900. The van der Waals surface area contributed by atoms with Gasteiger partial charge in [-0.1, -0.05) is 0 Å². The van der Waals surface area contributed by atoms with Crippen LogP contribution < -0.4 is 10.6 Å². The van der Waals surface area contributed by atoms with Crippen molar-refractivity contribution in [2.24, 2.45) is 0 Å². The number of aromatic nitrogens is 3. The van der Waals surface area contributed by atoms with Gasteiger partial charge in [-0.05, 0) is 41.9 Å². The number of aryl methyl sites for hydroxylation is 1. The van der Waals surface area contributed by atoms with Gasteiger partial charge in [-0.25, -0.2) is 14.8 Å². The number of carbonyl (C=O) groups is 1. The van der Waals surface area contributed by atoms with Gasteiger partial charge >= 0.3 is 6.03 Å². The van der Waals surface area contributed by atoms with Gasteiger partial charge in [0.05, 0.1) is 12.0 Å². The van der Waals surface area contributed by atoms with Gasteiger partial charge in [-0.3, -0.25) is 5.32 Å². The molecule has 106 valence electrons. The van der Waals surface area contributed by atoms with Gasteiger partial charge in [-0.2, -0.15) is 0 Å². The van der Waals surface area contributed by atoms with E-state index >= 15 is 0 Å². The Hall–Kier alpha value is -1.89. The van der Waals surface area contributed by atoms with Crippen LogP contribution in [0.1, 0.15) is 12.6 Å². The molecule has 1 atom stereocenters. The van der Waals surface area contributed by atoms with Crippen LogP contribution in [0.5, 0.6) is 0 Å². The number of nitrogens with zero attached hydrogens (tertiary/aromatic N) is 3. The topological polar surface area (TPSA) is 71.8 Å². The van der Waals surface area contributed by atoms with Crippen LogP contribution in [0.25, 0.3) is 0 Å². The van der Waals surface area contributed by atoms with Crippen LogP contribution in [0, 0.1) is 6.92 Å². The Bertz CT molecular complexity index is 584. The van der Waals surface area contributed by atoms with E-state index in [1.165, 1.54) is 0 Å². The molecule has 0 aromatic carbocycles. The first-order valence-corrected chi connectivity index (χ1v) is 7.00. The van der Waals surface area contributed by atoms with Gasteiger partial charge in [0.1, 0.15) is 5.82 Å². The van der Waals surface area contributed by atoms with Gasteiger partial charge in [0.25, 0.3) is 0 Å². The molecule has 20 heavy (non-hydrogen) atoms. The molecule has 0 fully saturated rings. The molecule has 2 amide bonds. The second kappa shape index (κ2) is 6.51. The van der Waals surface area contributed by atoms with E-state index in [2.05, 4.69) is 36.5 Å². The molecule has 0 saturated heterocycles. The van der Waals surface area contributed by atoms with Crippen molar-refractivity contribution in [1.82, 2.24) is 19.9 Å². The number of amides is 2. The van der Waals surface area contributed by atoms with E-state index in [0.717, 1.165) is 10.2 Å². The minimum Gasteiger partial charge on any atom is -0.335 e. The van der Waals surface area contributed by atoms with E-state index in [4.69, 9.17) is 0 Å². The van der Waals surface area contributed by atoms with Crippen LogP contribution in [-0.4, -0.2) is 26.6 Å². The Morgan fingerprint density at radius 2 is 2.30 bits per heavy atom. The van der Waals surface area contributed by atoms with E-state index < -0.39 is 0 Å². The van der Waals surface area contributed by atoms with Crippen LogP contribution in [0.2, 0.25) is 0 Å². The summed E-state index contributed by atoms with van der Waals surface area (Å²) >= 11 is 3.37. The Balaban J connectivity index is 1.87. The van der Waals surface area contributed by atoms with Crippen molar-refractivity contribution in [2.45, 2.75) is 26.4 Å². The van der Waals surface area contributed by atoms with Gasteiger partial charge in [0.15, 0.2) is 0 Å². The molecule has 0 radical (unpaired) electrons. The van der Waals surface area contributed by atoms with Crippen molar-refractivity contribution < 1.29 is 4.79 Å². The maximum absolute atomic E-state index is 11.8. The van der Waals surface area contributed by atoms with Crippen LogP contribution in [0.15, 0.2) is 35.3 Å². The normalized spacial score (nSPS) is 11.9. The first-order valence-electron chi connectivity index (χ1n) is 6.21. The lowest BCUT2D eigenvalue weighted by Gasteiger charge is -2.15. The number of anilines is 1. The number of hydrogen-bond donors (Lipinski definition) is 2. The Morgan fingerprint density at radius 1 is 1.50 bits per heavy atom. The number of imidazole rings is 1. The summed E-state index contributed by atoms with van der Waals surface area (Å²) in [5, 5.41) is 5.56. The summed E-state index contributed by atoms with van der Waals surface area (Å²) in [5.74, 6) is 0.526.